The predicted octanol–water partition coefficient (Wildman–Crippen LogP) is 5.58. The molecule has 0 radical (unpaired) electrons. The van der Waals surface area contributed by atoms with E-state index in [0.717, 1.165) is 55.6 Å². The highest BCUT2D eigenvalue weighted by Gasteiger charge is 2.38. The minimum Gasteiger partial charge on any atom is -0.475 e. The molecule has 2 fully saturated rings. The molecular weight excluding hydrogens is 511 g/mol. The summed E-state index contributed by atoms with van der Waals surface area (Å²) < 4.78 is 45.1. The van der Waals surface area contributed by atoms with E-state index in [4.69, 9.17) is 33.1 Å². The van der Waals surface area contributed by atoms with Crippen molar-refractivity contribution in [1.82, 2.24) is 10.2 Å². The van der Waals surface area contributed by atoms with Crippen LogP contribution in [0.5, 0.6) is 0 Å². The first-order valence-corrected chi connectivity index (χ1v) is 11.8. The van der Waals surface area contributed by atoms with E-state index >= 15 is 0 Å². The molecule has 1 amide bonds. The summed E-state index contributed by atoms with van der Waals surface area (Å²) in [5.74, 6) is -2.90. The molecule has 2 N–H and O–H groups in total. The minimum atomic E-state index is -5.08. The fourth-order valence-corrected chi connectivity index (χ4v) is 4.95. The zero-order valence-corrected chi connectivity index (χ0v) is 20.1. The van der Waals surface area contributed by atoms with Crippen molar-refractivity contribution in [3.05, 3.63) is 57.8 Å². The van der Waals surface area contributed by atoms with Gasteiger partial charge >= 0.3 is 12.1 Å². The molecule has 0 aliphatic carbocycles. The number of benzene rings is 2. The van der Waals surface area contributed by atoms with Gasteiger partial charge in [-0.05, 0) is 79.7 Å². The van der Waals surface area contributed by atoms with E-state index < -0.39 is 12.1 Å². The molecular formula is C24H24Cl2F4N2O3. The zero-order chi connectivity index (χ0) is 25.8. The van der Waals surface area contributed by atoms with Gasteiger partial charge in [0.05, 0.1) is 0 Å². The average Bonchev–Trinajstić information content (AvgIpc) is 3.16. The Morgan fingerprint density at radius 3 is 2.26 bits per heavy atom. The number of hydrogen-bond donors (Lipinski definition) is 2. The fourth-order valence-electron chi connectivity index (χ4n) is 4.38. The van der Waals surface area contributed by atoms with E-state index in [9.17, 15) is 22.4 Å². The summed E-state index contributed by atoms with van der Waals surface area (Å²) in [5, 5.41) is 11.6. The highest BCUT2D eigenvalue weighted by molar-refractivity contribution is 6.35. The molecule has 0 aromatic heterocycles. The van der Waals surface area contributed by atoms with Crippen molar-refractivity contribution < 1.29 is 32.3 Å². The van der Waals surface area contributed by atoms with Gasteiger partial charge in [0, 0.05) is 28.5 Å². The maximum atomic E-state index is 13.4. The smallest absolute Gasteiger partial charge is 0.475 e. The molecule has 5 nitrogen and oxygen atoms in total. The lowest BCUT2D eigenvalue weighted by atomic mass is 9.91. The van der Waals surface area contributed by atoms with Crippen molar-refractivity contribution >= 4 is 35.1 Å². The monoisotopic (exact) mass is 534 g/mol. The third-order valence-electron chi connectivity index (χ3n) is 6.11. The van der Waals surface area contributed by atoms with Crippen LogP contribution >= 0.6 is 23.2 Å². The fraction of sp³-hybridized carbons (Fsp3) is 0.417. The van der Waals surface area contributed by atoms with Gasteiger partial charge in [0.1, 0.15) is 5.82 Å². The third-order valence-corrected chi connectivity index (χ3v) is 6.66. The number of piperidine rings is 1. The first kappa shape index (κ1) is 27.2. The molecule has 2 aliphatic rings. The Labute approximate surface area is 210 Å². The number of aliphatic carboxylic acids is 1. The minimum absolute atomic E-state index is 0.0761. The van der Waals surface area contributed by atoms with E-state index in [2.05, 4.69) is 10.2 Å². The highest BCUT2D eigenvalue weighted by atomic mass is 35.5. The second-order valence-electron chi connectivity index (χ2n) is 8.43. The van der Waals surface area contributed by atoms with Crippen LogP contribution in [0.25, 0.3) is 11.1 Å². The number of nitrogens with zero attached hydrogens (tertiary/aromatic N) is 1. The van der Waals surface area contributed by atoms with Gasteiger partial charge in [0.25, 0.3) is 0 Å². The van der Waals surface area contributed by atoms with Crippen molar-refractivity contribution in [1.29, 1.82) is 0 Å². The molecule has 4 rings (SSSR count). The predicted molar refractivity (Wildman–Crippen MR) is 125 cm³/mol. The number of carboxylic acids is 1. The van der Waals surface area contributed by atoms with Crippen LogP contribution in [0.4, 0.5) is 17.6 Å². The van der Waals surface area contributed by atoms with Crippen LogP contribution in [0, 0.1) is 11.7 Å². The van der Waals surface area contributed by atoms with Gasteiger partial charge in [-0.1, -0.05) is 35.3 Å². The Morgan fingerprint density at radius 1 is 1.09 bits per heavy atom. The molecule has 190 valence electrons. The molecule has 0 bridgehead atoms. The largest absolute Gasteiger partial charge is 0.490 e. The average molecular weight is 535 g/mol. The number of carboxylic acid groups (broad SMARTS) is 1. The summed E-state index contributed by atoms with van der Waals surface area (Å²) >= 11 is 12.8. The Hall–Kier alpha value is -2.36. The molecule has 0 saturated carbocycles. The van der Waals surface area contributed by atoms with E-state index in [1.54, 1.807) is 18.2 Å². The van der Waals surface area contributed by atoms with E-state index in [1.165, 1.54) is 12.1 Å². The maximum Gasteiger partial charge on any atom is 0.490 e. The number of rotatable bonds is 4. The summed E-state index contributed by atoms with van der Waals surface area (Å²) in [6.45, 7) is 2.75. The van der Waals surface area contributed by atoms with Gasteiger partial charge < -0.3 is 15.3 Å². The second kappa shape index (κ2) is 11.6. The highest BCUT2D eigenvalue weighted by Crippen LogP contribution is 2.37. The van der Waals surface area contributed by atoms with Crippen LogP contribution in [0.3, 0.4) is 0 Å². The number of carbonyl (C=O) groups excluding carboxylic acids is 1. The SMILES string of the molecule is O=C(O)C(F)(F)F.O=C1[C@H](Cc2c(Cl)cc(Cl)cc2-c2ccc(F)cc2)CCN1C1CCNCC1. The Bertz CT molecular complexity index is 1060. The van der Waals surface area contributed by atoms with Crippen LogP contribution in [-0.4, -0.2) is 53.7 Å². The second-order valence-corrected chi connectivity index (χ2v) is 9.27. The molecule has 0 unspecified atom stereocenters. The van der Waals surface area contributed by atoms with Gasteiger partial charge in [0.2, 0.25) is 5.91 Å². The quantitative estimate of drug-likeness (QED) is 0.502. The number of hydrogen-bond acceptors (Lipinski definition) is 3. The van der Waals surface area contributed by atoms with Crippen molar-refractivity contribution in [3.8, 4) is 11.1 Å². The molecule has 35 heavy (non-hydrogen) atoms. The number of alkyl halides is 3. The van der Waals surface area contributed by atoms with Gasteiger partial charge in [0.15, 0.2) is 0 Å². The van der Waals surface area contributed by atoms with Crippen LogP contribution in [0.1, 0.15) is 24.8 Å². The van der Waals surface area contributed by atoms with Gasteiger partial charge in [-0.25, -0.2) is 9.18 Å². The first-order valence-electron chi connectivity index (χ1n) is 11.0. The summed E-state index contributed by atoms with van der Waals surface area (Å²) in [6, 6.07) is 10.2. The number of halogens is 6. The standard InChI is InChI=1S/C22H23Cl2FN2O.C2HF3O2/c23-16-12-19(14-1-3-17(25)4-2-14)20(21(24)13-16)11-15-7-10-27(22(15)28)18-5-8-26-9-6-18;3-2(4,5)1(6)7/h1-4,12-13,15,18,26H,5-11H2;(H,6,7)/t15-;/m0./s1. The lowest BCUT2D eigenvalue weighted by molar-refractivity contribution is -0.192. The molecule has 1 atom stereocenters. The molecule has 0 spiro atoms. The first-order chi connectivity index (χ1) is 16.5. The van der Waals surface area contributed by atoms with Crippen molar-refractivity contribution in [2.75, 3.05) is 19.6 Å². The van der Waals surface area contributed by atoms with Crippen LogP contribution in [0.15, 0.2) is 36.4 Å². The summed E-state index contributed by atoms with van der Waals surface area (Å²) in [4.78, 5) is 24.0. The normalized spacial score (nSPS) is 18.9. The number of carbonyl (C=O) groups is 2. The van der Waals surface area contributed by atoms with Gasteiger partial charge in [-0.3, -0.25) is 4.79 Å². The Kier molecular flexibility index (Phi) is 9.01. The van der Waals surface area contributed by atoms with E-state index in [0.29, 0.717) is 22.5 Å². The molecule has 2 aromatic carbocycles. The number of nitrogens with one attached hydrogen (secondary N) is 1. The summed E-state index contributed by atoms with van der Waals surface area (Å²) in [6.07, 6.45) is -1.64. The van der Waals surface area contributed by atoms with Crippen LogP contribution in [0.2, 0.25) is 10.0 Å². The molecule has 11 heteroatoms. The van der Waals surface area contributed by atoms with Crippen molar-refractivity contribution in [3.63, 3.8) is 0 Å². The summed E-state index contributed by atoms with van der Waals surface area (Å²) in [5.41, 5.74) is 2.62. The Morgan fingerprint density at radius 2 is 1.69 bits per heavy atom. The van der Waals surface area contributed by atoms with E-state index in [1.807, 2.05) is 6.07 Å². The molecule has 2 aliphatic heterocycles. The molecule has 2 aromatic rings. The number of amides is 1. The number of likely N-dealkylation sites (tertiary alicyclic amines) is 1. The maximum absolute atomic E-state index is 13.4. The lowest BCUT2D eigenvalue weighted by Gasteiger charge is -2.31. The van der Waals surface area contributed by atoms with Crippen molar-refractivity contribution in [2.45, 2.75) is 37.9 Å². The van der Waals surface area contributed by atoms with Gasteiger partial charge in [-0.15, -0.1) is 0 Å². The zero-order valence-electron chi connectivity index (χ0n) is 18.5. The topological polar surface area (TPSA) is 69.6 Å². The summed E-state index contributed by atoms with van der Waals surface area (Å²) in [7, 11) is 0. The van der Waals surface area contributed by atoms with E-state index in [-0.39, 0.29) is 17.6 Å². The Balaban J connectivity index is 0.000000429. The van der Waals surface area contributed by atoms with Crippen LogP contribution in [-0.2, 0) is 16.0 Å². The van der Waals surface area contributed by atoms with Gasteiger partial charge in [-0.2, -0.15) is 13.2 Å². The van der Waals surface area contributed by atoms with Crippen LogP contribution < -0.4 is 5.32 Å². The lowest BCUT2D eigenvalue weighted by Crippen LogP contribution is -2.44. The molecule has 2 heterocycles. The van der Waals surface area contributed by atoms with Crippen molar-refractivity contribution in [2.24, 2.45) is 5.92 Å². The molecule has 2 saturated heterocycles. The third kappa shape index (κ3) is 7.08.